The molecule has 27 heavy (non-hydrogen) atoms. The van der Waals surface area contributed by atoms with E-state index in [4.69, 9.17) is 9.47 Å². The number of tetrazole rings is 1. The quantitative estimate of drug-likeness (QED) is 0.381. The Kier molecular flexibility index (Phi) is 8.38. The lowest BCUT2D eigenvalue weighted by Crippen LogP contribution is -3.00. The third-order valence-electron chi connectivity index (χ3n) is 3.73. The van der Waals surface area contributed by atoms with Crippen molar-refractivity contribution in [2.75, 3.05) is 26.5 Å². The van der Waals surface area contributed by atoms with Gasteiger partial charge in [-0.2, -0.15) is 4.68 Å². The van der Waals surface area contributed by atoms with Crippen LogP contribution in [0.25, 0.3) is 5.69 Å². The highest BCUT2D eigenvalue weighted by Gasteiger charge is 2.08. The normalized spacial score (nSPS) is 10.3. The van der Waals surface area contributed by atoms with Crippen LogP contribution in [0.15, 0.2) is 53.7 Å². The number of benzene rings is 2. The van der Waals surface area contributed by atoms with Gasteiger partial charge in [0.2, 0.25) is 5.16 Å². The van der Waals surface area contributed by atoms with Gasteiger partial charge in [-0.15, -0.1) is 5.10 Å². The lowest BCUT2D eigenvalue weighted by atomic mass is 10.2. The van der Waals surface area contributed by atoms with Crippen molar-refractivity contribution in [1.82, 2.24) is 25.5 Å². The molecule has 1 N–H and O–H groups in total. The van der Waals surface area contributed by atoms with Crippen LogP contribution in [0.3, 0.4) is 0 Å². The molecule has 3 aromatic rings. The molecule has 0 saturated carbocycles. The number of methoxy groups -OCH3 is 2. The van der Waals surface area contributed by atoms with Crippen molar-refractivity contribution in [3.8, 4) is 17.2 Å². The van der Waals surface area contributed by atoms with E-state index >= 15 is 0 Å². The predicted octanol–water partition coefficient (Wildman–Crippen LogP) is -0.435. The number of thioether (sulfide) groups is 1. The van der Waals surface area contributed by atoms with Crippen LogP contribution >= 0.6 is 11.8 Å². The number of aromatic nitrogens is 4. The molecule has 144 valence electrons. The molecule has 0 fully saturated rings. The number of rotatable bonds is 9. The summed E-state index contributed by atoms with van der Waals surface area (Å²) in [5, 5.41) is 16.1. The molecule has 0 aliphatic heterocycles. The number of nitrogens with one attached hydrogen (secondary N) is 1. The Morgan fingerprint density at radius 3 is 2.56 bits per heavy atom. The highest BCUT2D eigenvalue weighted by Crippen LogP contribution is 2.27. The number of hydrogen-bond donors (Lipinski definition) is 1. The van der Waals surface area contributed by atoms with Crippen molar-refractivity contribution < 1.29 is 21.9 Å². The van der Waals surface area contributed by atoms with E-state index in [-0.39, 0.29) is 12.4 Å². The molecule has 1 aromatic heterocycles. The highest BCUT2D eigenvalue weighted by molar-refractivity contribution is 7.99. The first kappa shape index (κ1) is 21.0. The average molecular weight is 407 g/mol. The fourth-order valence-corrected chi connectivity index (χ4v) is 3.23. The fourth-order valence-electron chi connectivity index (χ4n) is 2.44. The van der Waals surface area contributed by atoms with Crippen molar-refractivity contribution >= 4 is 11.8 Å². The molecule has 0 aliphatic rings. The fraction of sp³-hybridized carbons (Fsp3) is 0.278. The van der Waals surface area contributed by atoms with Gasteiger partial charge in [-0.3, -0.25) is 0 Å². The van der Waals surface area contributed by atoms with Crippen LogP contribution < -0.4 is 27.2 Å². The minimum absolute atomic E-state index is 0. The van der Waals surface area contributed by atoms with Gasteiger partial charge < -0.3 is 27.2 Å². The summed E-state index contributed by atoms with van der Waals surface area (Å²) in [6.45, 7) is 1.59. The molecule has 0 aliphatic carbocycles. The maximum Gasteiger partial charge on any atom is 0.214 e. The summed E-state index contributed by atoms with van der Waals surface area (Å²) in [6.07, 6.45) is 0. The Morgan fingerprint density at radius 2 is 1.81 bits per heavy atom. The molecular weight excluding hydrogens is 386 g/mol. The molecule has 3 rings (SSSR count). The zero-order chi connectivity index (χ0) is 18.2. The van der Waals surface area contributed by atoms with E-state index < -0.39 is 0 Å². The van der Waals surface area contributed by atoms with Gasteiger partial charge in [0.1, 0.15) is 0 Å². The van der Waals surface area contributed by atoms with Crippen LogP contribution in [-0.2, 0) is 6.54 Å². The molecule has 2 aromatic carbocycles. The summed E-state index contributed by atoms with van der Waals surface area (Å²) in [5.74, 6) is 2.34. The standard InChI is InChI=1S/C18H21N5O2S.ClH/c1-24-16-9-8-14(12-17(16)25-2)13-19-10-11-26-18-20-21-22-23(18)15-6-4-3-5-7-15;/h3-9,12,19H,10-11,13H2,1-2H3;1H/p-1. The summed E-state index contributed by atoms with van der Waals surface area (Å²) in [4.78, 5) is 0. The first-order valence-electron chi connectivity index (χ1n) is 8.20. The SMILES string of the molecule is COc1ccc(CNCCSc2nnnn2-c2ccccc2)cc1OC.[Cl-]. The molecule has 9 heteroatoms. The number of halogens is 1. The zero-order valence-electron chi connectivity index (χ0n) is 15.1. The van der Waals surface area contributed by atoms with Gasteiger partial charge >= 0.3 is 0 Å². The van der Waals surface area contributed by atoms with Crippen LogP contribution in [0.1, 0.15) is 5.56 Å². The van der Waals surface area contributed by atoms with E-state index in [0.717, 1.165) is 46.7 Å². The van der Waals surface area contributed by atoms with E-state index in [0.29, 0.717) is 0 Å². The lowest BCUT2D eigenvalue weighted by Gasteiger charge is -2.10. The van der Waals surface area contributed by atoms with Gasteiger partial charge in [-0.05, 0) is 40.3 Å². The van der Waals surface area contributed by atoms with Gasteiger partial charge in [0.05, 0.1) is 19.9 Å². The Labute approximate surface area is 168 Å². The summed E-state index contributed by atoms with van der Waals surface area (Å²) in [5.41, 5.74) is 2.10. The second-order valence-corrected chi connectivity index (χ2v) is 6.49. The first-order valence-corrected chi connectivity index (χ1v) is 9.18. The summed E-state index contributed by atoms with van der Waals surface area (Å²) in [7, 11) is 3.28. The van der Waals surface area contributed by atoms with Crippen molar-refractivity contribution in [3.63, 3.8) is 0 Å². The second kappa shape index (κ2) is 10.8. The first-order chi connectivity index (χ1) is 12.8. The summed E-state index contributed by atoms with van der Waals surface area (Å²) in [6, 6.07) is 15.8. The summed E-state index contributed by atoms with van der Waals surface area (Å²) >= 11 is 1.62. The largest absolute Gasteiger partial charge is 1.00 e. The number of nitrogens with zero attached hydrogens (tertiary/aromatic N) is 4. The van der Waals surface area contributed by atoms with E-state index in [9.17, 15) is 0 Å². The molecule has 0 bridgehead atoms. The van der Waals surface area contributed by atoms with E-state index in [1.54, 1.807) is 30.7 Å². The van der Waals surface area contributed by atoms with Crippen LogP contribution in [-0.4, -0.2) is 46.7 Å². The zero-order valence-corrected chi connectivity index (χ0v) is 16.7. The topological polar surface area (TPSA) is 74.1 Å². The predicted molar refractivity (Wildman–Crippen MR) is 101 cm³/mol. The molecule has 0 unspecified atom stereocenters. The van der Waals surface area contributed by atoms with Crippen LogP contribution in [0.5, 0.6) is 11.5 Å². The number of para-hydroxylation sites is 1. The van der Waals surface area contributed by atoms with Crippen molar-refractivity contribution in [1.29, 1.82) is 0 Å². The maximum absolute atomic E-state index is 5.33. The molecule has 0 radical (unpaired) electrons. The maximum atomic E-state index is 5.33. The van der Waals surface area contributed by atoms with Gasteiger partial charge in [-0.1, -0.05) is 36.0 Å². The Balaban J connectivity index is 0.00000261. The molecule has 0 saturated heterocycles. The highest BCUT2D eigenvalue weighted by atomic mass is 35.5. The number of ether oxygens (including phenoxy) is 2. The summed E-state index contributed by atoms with van der Waals surface area (Å²) < 4.78 is 12.3. The average Bonchev–Trinajstić information content (AvgIpc) is 3.16. The third-order valence-corrected chi connectivity index (χ3v) is 4.65. The van der Waals surface area contributed by atoms with Gasteiger partial charge in [0, 0.05) is 18.8 Å². The molecule has 0 atom stereocenters. The molecule has 7 nitrogen and oxygen atoms in total. The van der Waals surface area contributed by atoms with Crippen molar-refractivity contribution in [2.24, 2.45) is 0 Å². The third kappa shape index (κ3) is 5.59. The van der Waals surface area contributed by atoms with Gasteiger partial charge in [-0.25, -0.2) is 0 Å². The molecule has 0 spiro atoms. The van der Waals surface area contributed by atoms with Crippen LogP contribution in [0.2, 0.25) is 0 Å². The van der Waals surface area contributed by atoms with Crippen LogP contribution in [0.4, 0.5) is 0 Å². The van der Waals surface area contributed by atoms with E-state index in [1.807, 2.05) is 48.5 Å². The second-order valence-electron chi connectivity index (χ2n) is 5.42. The van der Waals surface area contributed by atoms with E-state index in [2.05, 4.69) is 20.8 Å². The lowest BCUT2D eigenvalue weighted by molar-refractivity contribution is -0.00000594. The smallest absolute Gasteiger partial charge is 0.214 e. The van der Waals surface area contributed by atoms with Gasteiger partial charge in [0.25, 0.3) is 0 Å². The van der Waals surface area contributed by atoms with Crippen LogP contribution in [0, 0.1) is 0 Å². The van der Waals surface area contributed by atoms with E-state index in [1.165, 1.54) is 0 Å². The van der Waals surface area contributed by atoms with Crippen molar-refractivity contribution in [2.45, 2.75) is 11.7 Å². The van der Waals surface area contributed by atoms with Crippen molar-refractivity contribution in [3.05, 3.63) is 54.1 Å². The van der Waals surface area contributed by atoms with Gasteiger partial charge in [0.15, 0.2) is 11.5 Å². The Hall–Kier alpha value is -2.29. The molecule has 1 heterocycles. The Bertz CT molecular complexity index is 832. The monoisotopic (exact) mass is 406 g/mol. The molecule has 0 amide bonds. The minimum atomic E-state index is 0. The molecular formula is C18H21ClN5O2S-. The Morgan fingerprint density at radius 1 is 1.04 bits per heavy atom. The minimum Gasteiger partial charge on any atom is -1.00 e. The number of hydrogen-bond acceptors (Lipinski definition) is 7.